The van der Waals surface area contributed by atoms with Gasteiger partial charge in [0.05, 0.1) is 0 Å². The van der Waals surface area contributed by atoms with Crippen molar-refractivity contribution in [1.29, 1.82) is 0 Å². The van der Waals surface area contributed by atoms with Gasteiger partial charge in [0, 0.05) is 17.8 Å². The van der Waals surface area contributed by atoms with Crippen LogP contribution in [0.15, 0.2) is 30.5 Å². The van der Waals surface area contributed by atoms with Crippen LogP contribution in [-0.4, -0.2) is 11.0 Å². The molecule has 0 fully saturated rings. The second kappa shape index (κ2) is 4.07. The van der Waals surface area contributed by atoms with Gasteiger partial charge in [-0.15, -0.1) is 0 Å². The highest BCUT2D eigenvalue weighted by molar-refractivity contribution is 5.79. The molecule has 0 aliphatic rings. The number of hydrogen-bond donors (Lipinski definition) is 2. The number of fused-ring (bicyclic) bond motifs is 1. The molecule has 0 radical (unpaired) electrons. The Hall–Kier alpha value is -1.28. The van der Waals surface area contributed by atoms with Crippen LogP contribution in [0.5, 0.6) is 0 Å². The Morgan fingerprint density at radius 1 is 1.27 bits per heavy atom. The van der Waals surface area contributed by atoms with Crippen LogP contribution in [0.3, 0.4) is 0 Å². The average molecular weight is 202 g/mol. The van der Waals surface area contributed by atoms with E-state index in [1.54, 1.807) is 0 Å². The van der Waals surface area contributed by atoms with Gasteiger partial charge in [-0.05, 0) is 41.5 Å². The van der Waals surface area contributed by atoms with Crippen molar-refractivity contribution in [2.75, 3.05) is 0 Å². The van der Waals surface area contributed by atoms with Crippen molar-refractivity contribution in [2.45, 2.75) is 26.3 Å². The number of benzene rings is 1. The molecule has 0 aliphatic carbocycles. The Kier molecular flexibility index (Phi) is 2.78. The molecule has 1 atom stereocenters. The van der Waals surface area contributed by atoms with Crippen LogP contribution in [0.2, 0.25) is 0 Å². The molecule has 0 saturated carbocycles. The second-order valence-electron chi connectivity index (χ2n) is 4.51. The van der Waals surface area contributed by atoms with E-state index in [0.29, 0.717) is 5.92 Å². The van der Waals surface area contributed by atoms with Crippen LogP contribution in [0.1, 0.15) is 19.4 Å². The van der Waals surface area contributed by atoms with Crippen molar-refractivity contribution < 1.29 is 0 Å². The van der Waals surface area contributed by atoms with Crippen molar-refractivity contribution in [1.82, 2.24) is 4.98 Å². The van der Waals surface area contributed by atoms with Gasteiger partial charge in [-0.3, -0.25) is 0 Å². The topological polar surface area (TPSA) is 41.8 Å². The minimum absolute atomic E-state index is 0.251. The van der Waals surface area contributed by atoms with Gasteiger partial charge in [-0.1, -0.05) is 19.9 Å². The summed E-state index contributed by atoms with van der Waals surface area (Å²) in [6, 6.07) is 8.84. The maximum absolute atomic E-state index is 6.06. The zero-order valence-corrected chi connectivity index (χ0v) is 9.33. The number of aromatic amines is 1. The summed E-state index contributed by atoms with van der Waals surface area (Å²) in [6.45, 7) is 4.33. The molecule has 1 aromatic heterocycles. The van der Waals surface area contributed by atoms with Crippen molar-refractivity contribution in [3.8, 4) is 0 Å². The van der Waals surface area contributed by atoms with E-state index in [9.17, 15) is 0 Å². The van der Waals surface area contributed by atoms with Crippen LogP contribution in [-0.2, 0) is 6.42 Å². The maximum Gasteiger partial charge on any atom is 0.0454 e. The third-order valence-corrected chi connectivity index (χ3v) is 2.95. The number of nitrogens with two attached hydrogens (primary N) is 1. The molecule has 1 aromatic carbocycles. The average Bonchev–Trinajstić information content (AvgIpc) is 2.64. The summed E-state index contributed by atoms with van der Waals surface area (Å²) in [4.78, 5) is 3.19. The van der Waals surface area contributed by atoms with E-state index in [1.807, 2.05) is 6.20 Å². The Morgan fingerprint density at radius 3 is 2.80 bits per heavy atom. The van der Waals surface area contributed by atoms with Crippen LogP contribution in [0, 0.1) is 5.92 Å². The zero-order valence-electron chi connectivity index (χ0n) is 9.33. The third kappa shape index (κ3) is 2.21. The molecule has 0 aliphatic heterocycles. The fourth-order valence-corrected chi connectivity index (χ4v) is 1.74. The Labute approximate surface area is 90.5 Å². The van der Waals surface area contributed by atoms with Gasteiger partial charge in [-0.25, -0.2) is 0 Å². The van der Waals surface area contributed by atoms with Gasteiger partial charge < -0.3 is 10.7 Å². The predicted octanol–water partition coefficient (Wildman–Crippen LogP) is 2.69. The summed E-state index contributed by atoms with van der Waals surface area (Å²) in [5.74, 6) is 0.534. The third-order valence-electron chi connectivity index (χ3n) is 2.95. The lowest BCUT2D eigenvalue weighted by molar-refractivity contribution is 0.491. The fraction of sp³-hybridized carbons (Fsp3) is 0.385. The van der Waals surface area contributed by atoms with Crippen LogP contribution >= 0.6 is 0 Å². The lowest BCUT2D eigenvalue weighted by Crippen LogP contribution is -2.28. The summed E-state index contributed by atoms with van der Waals surface area (Å²) in [7, 11) is 0. The molecular weight excluding hydrogens is 184 g/mol. The molecule has 1 unspecified atom stereocenters. The first kappa shape index (κ1) is 10.2. The van der Waals surface area contributed by atoms with E-state index < -0.39 is 0 Å². The highest BCUT2D eigenvalue weighted by atomic mass is 14.7. The minimum Gasteiger partial charge on any atom is -0.361 e. The maximum atomic E-state index is 6.06. The van der Waals surface area contributed by atoms with Crippen molar-refractivity contribution in [2.24, 2.45) is 11.7 Å². The van der Waals surface area contributed by atoms with Gasteiger partial charge in [0.2, 0.25) is 0 Å². The largest absolute Gasteiger partial charge is 0.361 e. The summed E-state index contributed by atoms with van der Waals surface area (Å²) >= 11 is 0. The molecule has 0 saturated heterocycles. The summed E-state index contributed by atoms with van der Waals surface area (Å²) in [6.07, 6.45) is 2.93. The number of nitrogens with one attached hydrogen (secondary N) is 1. The Morgan fingerprint density at radius 2 is 2.07 bits per heavy atom. The standard InChI is InChI=1S/C13H18N2/c1-9(2)12(14)8-10-3-4-13-11(7-10)5-6-15-13/h3-7,9,12,15H,8,14H2,1-2H3. The van der Waals surface area contributed by atoms with Crippen molar-refractivity contribution in [3.05, 3.63) is 36.0 Å². The monoisotopic (exact) mass is 202 g/mol. The van der Waals surface area contributed by atoms with Gasteiger partial charge in [0.15, 0.2) is 0 Å². The van der Waals surface area contributed by atoms with Crippen LogP contribution in [0.4, 0.5) is 0 Å². The van der Waals surface area contributed by atoms with Gasteiger partial charge in [0.25, 0.3) is 0 Å². The highest BCUT2D eigenvalue weighted by Crippen LogP contribution is 2.16. The lowest BCUT2D eigenvalue weighted by atomic mass is 9.97. The zero-order chi connectivity index (χ0) is 10.8. The number of hydrogen-bond acceptors (Lipinski definition) is 1. The molecule has 2 rings (SSSR count). The van der Waals surface area contributed by atoms with E-state index in [1.165, 1.54) is 16.5 Å². The van der Waals surface area contributed by atoms with Crippen LogP contribution < -0.4 is 5.73 Å². The summed E-state index contributed by atoms with van der Waals surface area (Å²) in [5.41, 5.74) is 8.57. The first-order valence-corrected chi connectivity index (χ1v) is 5.48. The predicted molar refractivity (Wildman–Crippen MR) is 64.8 cm³/mol. The highest BCUT2D eigenvalue weighted by Gasteiger charge is 2.08. The first-order chi connectivity index (χ1) is 7.16. The Balaban J connectivity index is 2.21. The van der Waals surface area contributed by atoms with E-state index in [-0.39, 0.29) is 6.04 Å². The molecule has 2 aromatic rings. The summed E-state index contributed by atoms with van der Waals surface area (Å²) < 4.78 is 0. The second-order valence-corrected chi connectivity index (χ2v) is 4.51. The molecule has 0 spiro atoms. The van der Waals surface area contributed by atoms with Gasteiger partial charge in [0.1, 0.15) is 0 Å². The van der Waals surface area contributed by atoms with Gasteiger partial charge >= 0.3 is 0 Å². The lowest BCUT2D eigenvalue weighted by Gasteiger charge is -2.15. The normalized spacial score (nSPS) is 13.6. The first-order valence-electron chi connectivity index (χ1n) is 5.48. The van der Waals surface area contributed by atoms with Crippen molar-refractivity contribution >= 4 is 10.9 Å². The van der Waals surface area contributed by atoms with E-state index >= 15 is 0 Å². The molecule has 0 bridgehead atoms. The van der Waals surface area contributed by atoms with Crippen molar-refractivity contribution in [3.63, 3.8) is 0 Å². The molecule has 80 valence electrons. The summed E-state index contributed by atoms with van der Waals surface area (Å²) in [5, 5.41) is 1.27. The molecule has 1 heterocycles. The fourth-order valence-electron chi connectivity index (χ4n) is 1.74. The number of aromatic nitrogens is 1. The van der Waals surface area contributed by atoms with Crippen LogP contribution in [0.25, 0.3) is 10.9 Å². The smallest absolute Gasteiger partial charge is 0.0454 e. The minimum atomic E-state index is 0.251. The van der Waals surface area contributed by atoms with E-state index in [0.717, 1.165) is 6.42 Å². The SMILES string of the molecule is CC(C)C(N)Cc1ccc2[nH]ccc2c1. The Bertz CT molecular complexity index is 442. The van der Waals surface area contributed by atoms with Gasteiger partial charge in [-0.2, -0.15) is 0 Å². The van der Waals surface area contributed by atoms with E-state index in [4.69, 9.17) is 5.73 Å². The molecule has 0 amide bonds. The number of rotatable bonds is 3. The molecule has 2 nitrogen and oxygen atoms in total. The molecular formula is C13H18N2. The molecule has 2 heteroatoms. The number of H-pyrrole nitrogens is 1. The quantitative estimate of drug-likeness (QED) is 0.789. The molecule has 3 N–H and O–H groups in total. The molecule has 15 heavy (non-hydrogen) atoms. The van der Waals surface area contributed by atoms with E-state index in [2.05, 4.69) is 43.1 Å².